The molecule has 0 radical (unpaired) electrons. The maximum atomic E-state index is 7.82. The molecule has 0 saturated carbocycles. The predicted octanol–water partition coefficient (Wildman–Crippen LogP) is 3.64. The van der Waals surface area contributed by atoms with Gasteiger partial charge in [0.05, 0.1) is 0 Å². The fourth-order valence-corrected chi connectivity index (χ4v) is 1.89. The largest absolute Gasteiger partial charge is 0.334 e. The van der Waals surface area contributed by atoms with Crippen LogP contribution in [0.1, 0.15) is 51.0 Å². The number of hydrogen-bond acceptors (Lipinski definition) is 1. The molecule has 0 aromatic carbocycles. The van der Waals surface area contributed by atoms with Crippen molar-refractivity contribution in [2.24, 2.45) is 0 Å². The summed E-state index contributed by atoms with van der Waals surface area (Å²) in [5.74, 6) is 0. The van der Waals surface area contributed by atoms with Crippen molar-refractivity contribution in [3.63, 3.8) is 0 Å². The smallest absolute Gasteiger partial charge is 0.124 e. The molecular weight excluding hydrogens is 196 g/mol. The van der Waals surface area contributed by atoms with E-state index in [-0.39, 0.29) is 0 Å². The van der Waals surface area contributed by atoms with Gasteiger partial charge in [-0.3, -0.25) is 5.41 Å². The zero-order chi connectivity index (χ0) is 11.8. The molecule has 0 bridgehead atoms. The van der Waals surface area contributed by atoms with Crippen molar-refractivity contribution in [2.75, 3.05) is 0 Å². The van der Waals surface area contributed by atoms with Gasteiger partial charge in [-0.15, -0.1) is 0 Å². The van der Waals surface area contributed by atoms with Gasteiger partial charge in [0.2, 0.25) is 0 Å². The minimum Gasteiger partial charge on any atom is -0.334 e. The summed E-state index contributed by atoms with van der Waals surface area (Å²) in [6.45, 7) is 5.27. The summed E-state index contributed by atoms with van der Waals surface area (Å²) in [7, 11) is 0. The standard InChI is InChI=1S/C14H24N2/c1-3-4-5-6-7-8-10-16-11-9-13(2)12-14(16)15/h9,11-12,15H,3-8,10H2,1-2H3. The average Bonchev–Trinajstić information content (AvgIpc) is 2.26. The molecule has 0 aliphatic carbocycles. The third-order valence-electron chi connectivity index (χ3n) is 2.94. The number of rotatable bonds is 7. The number of nitrogens with one attached hydrogen (secondary N) is 1. The van der Waals surface area contributed by atoms with E-state index in [1.54, 1.807) is 0 Å². The normalized spacial score (nSPS) is 10.6. The van der Waals surface area contributed by atoms with Crippen LogP contribution in [0.4, 0.5) is 0 Å². The Morgan fingerprint density at radius 3 is 2.50 bits per heavy atom. The van der Waals surface area contributed by atoms with Gasteiger partial charge in [0.25, 0.3) is 0 Å². The summed E-state index contributed by atoms with van der Waals surface area (Å²) >= 11 is 0. The topological polar surface area (TPSA) is 28.8 Å². The van der Waals surface area contributed by atoms with Gasteiger partial charge in [-0.2, -0.15) is 0 Å². The van der Waals surface area contributed by atoms with Crippen LogP contribution in [-0.4, -0.2) is 4.57 Å². The molecule has 2 heteroatoms. The van der Waals surface area contributed by atoms with Gasteiger partial charge in [-0.1, -0.05) is 39.0 Å². The molecule has 1 heterocycles. The minimum absolute atomic E-state index is 0.633. The second kappa shape index (κ2) is 7.26. The van der Waals surface area contributed by atoms with Crippen LogP contribution in [0, 0.1) is 12.3 Å². The second-order valence-corrected chi connectivity index (χ2v) is 4.55. The van der Waals surface area contributed by atoms with Crippen LogP contribution in [0.3, 0.4) is 0 Å². The van der Waals surface area contributed by atoms with E-state index in [0.29, 0.717) is 5.49 Å². The van der Waals surface area contributed by atoms with E-state index in [0.717, 1.165) is 6.54 Å². The quantitative estimate of drug-likeness (QED) is 0.680. The average molecular weight is 220 g/mol. The minimum atomic E-state index is 0.633. The lowest BCUT2D eigenvalue weighted by atomic mass is 10.1. The molecule has 1 aromatic heterocycles. The fraction of sp³-hybridized carbons (Fsp3) is 0.643. The zero-order valence-corrected chi connectivity index (χ0v) is 10.6. The van der Waals surface area contributed by atoms with E-state index in [1.165, 1.54) is 44.1 Å². The SMILES string of the molecule is CCCCCCCCn1ccc(C)cc1=N. The Bertz CT molecular complexity index is 352. The molecule has 0 atom stereocenters. The monoisotopic (exact) mass is 220 g/mol. The first-order chi connectivity index (χ1) is 7.74. The van der Waals surface area contributed by atoms with Crippen molar-refractivity contribution in [1.82, 2.24) is 4.57 Å². The van der Waals surface area contributed by atoms with Gasteiger partial charge in [0, 0.05) is 12.7 Å². The van der Waals surface area contributed by atoms with Crippen molar-refractivity contribution in [3.8, 4) is 0 Å². The highest BCUT2D eigenvalue weighted by molar-refractivity contribution is 5.06. The van der Waals surface area contributed by atoms with Gasteiger partial charge in [-0.05, 0) is 31.0 Å². The van der Waals surface area contributed by atoms with Gasteiger partial charge in [0.1, 0.15) is 5.49 Å². The molecule has 0 saturated heterocycles. The highest BCUT2D eigenvalue weighted by Crippen LogP contribution is 2.05. The molecule has 0 aliphatic heterocycles. The van der Waals surface area contributed by atoms with Crippen molar-refractivity contribution in [2.45, 2.75) is 58.9 Å². The molecule has 0 aliphatic rings. The Morgan fingerprint density at radius 1 is 1.12 bits per heavy atom. The molecular formula is C14H24N2. The number of nitrogens with zero attached hydrogens (tertiary/aromatic N) is 1. The highest BCUT2D eigenvalue weighted by Gasteiger charge is 1.94. The predicted molar refractivity (Wildman–Crippen MR) is 68.4 cm³/mol. The first-order valence-corrected chi connectivity index (χ1v) is 6.45. The van der Waals surface area contributed by atoms with E-state index < -0.39 is 0 Å². The Balaban J connectivity index is 2.24. The van der Waals surface area contributed by atoms with Crippen molar-refractivity contribution in [1.29, 1.82) is 5.41 Å². The number of aromatic nitrogens is 1. The molecule has 90 valence electrons. The molecule has 0 spiro atoms. The molecule has 1 rings (SSSR count). The summed E-state index contributed by atoms with van der Waals surface area (Å²) in [5, 5.41) is 7.82. The molecule has 0 amide bonds. The third kappa shape index (κ3) is 4.65. The fourth-order valence-electron chi connectivity index (χ4n) is 1.89. The van der Waals surface area contributed by atoms with Crippen LogP contribution in [0.15, 0.2) is 18.3 Å². The summed E-state index contributed by atoms with van der Waals surface area (Å²) in [6.07, 6.45) is 9.90. The summed E-state index contributed by atoms with van der Waals surface area (Å²) in [5.41, 5.74) is 1.80. The van der Waals surface area contributed by atoms with E-state index in [2.05, 4.69) is 13.0 Å². The van der Waals surface area contributed by atoms with Gasteiger partial charge >= 0.3 is 0 Å². The van der Waals surface area contributed by atoms with Crippen LogP contribution < -0.4 is 5.49 Å². The first-order valence-electron chi connectivity index (χ1n) is 6.45. The summed E-state index contributed by atoms with van der Waals surface area (Å²) < 4.78 is 2.03. The lowest BCUT2D eigenvalue weighted by Crippen LogP contribution is -2.18. The van der Waals surface area contributed by atoms with Gasteiger partial charge in [-0.25, -0.2) is 0 Å². The van der Waals surface area contributed by atoms with Crippen LogP contribution >= 0.6 is 0 Å². The zero-order valence-electron chi connectivity index (χ0n) is 10.6. The van der Waals surface area contributed by atoms with E-state index >= 15 is 0 Å². The highest BCUT2D eigenvalue weighted by atomic mass is 15.0. The Hall–Kier alpha value is -1.05. The number of unbranched alkanes of at least 4 members (excludes halogenated alkanes) is 5. The summed E-state index contributed by atoms with van der Waals surface area (Å²) in [6, 6.07) is 4.01. The van der Waals surface area contributed by atoms with E-state index in [9.17, 15) is 0 Å². The van der Waals surface area contributed by atoms with Crippen LogP contribution in [0.2, 0.25) is 0 Å². The Labute approximate surface area is 98.8 Å². The van der Waals surface area contributed by atoms with E-state index in [1.807, 2.05) is 23.8 Å². The second-order valence-electron chi connectivity index (χ2n) is 4.55. The lowest BCUT2D eigenvalue weighted by molar-refractivity contribution is 0.544. The maximum Gasteiger partial charge on any atom is 0.124 e. The number of hydrogen-bond donors (Lipinski definition) is 1. The van der Waals surface area contributed by atoms with Crippen LogP contribution in [0.25, 0.3) is 0 Å². The lowest BCUT2D eigenvalue weighted by Gasteiger charge is -2.07. The molecule has 16 heavy (non-hydrogen) atoms. The number of aryl methyl sites for hydroxylation is 2. The summed E-state index contributed by atoms with van der Waals surface area (Å²) in [4.78, 5) is 0. The van der Waals surface area contributed by atoms with Crippen molar-refractivity contribution >= 4 is 0 Å². The van der Waals surface area contributed by atoms with Crippen molar-refractivity contribution < 1.29 is 0 Å². The Kier molecular flexibility index (Phi) is 5.91. The number of pyridine rings is 1. The Morgan fingerprint density at radius 2 is 1.81 bits per heavy atom. The maximum absolute atomic E-state index is 7.82. The van der Waals surface area contributed by atoms with Crippen LogP contribution in [-0.2, 0) is 6.54 Å². The molecule has 2 nitrogen and oxygen atoms in total. The van der Waals surface area contributed by atoms with E-state index in [4.69, 9.17) is 5.41 Å². The van der Waals surface area contributed by atoms with Gasteiger partial charge < -0.3 is 4.57 Å². The first kappa shape index (κ1) is 13.0. The molecule has 0 fully saturated rings. The molecule has 1 N–H and O–H groups in total. The molecule has 1 aromatic rings. The van der Waals surface area contributed by atoms with Gasteiger partial charge in [0.15, 0.2) is 0 Å². The van der Waals surface area contributed by atoms with Crippen LogP contribution in [0.5, 0.6) is 0 Å². The molecule has 0 unspecified atom stereocenters. The van der Waals surface area contributed by atoms with Crippen molar-refractivity contribution in [3.05, 3.63) is 29.4 Å². The third-order valence-corrected chi connectivity index (χ3v) is 2.94.